The summed E-state index contributed by atoms with van der Waals surface area (Å²) in [6.45, 7) is 6.07. The smallest absolute Gasteiger partial charge is 0.119 e. The lowest BCUT2D eigenvalue weighted by Gasteiger charge is -2.28. The van der Waals surface area contributed by atoms with Gasteiger partial charge >= 0.3 is 0 Å². The summed E-state index contributed by atoms with van der Waals surface area (Å²) in [5.41, 5.74) is 1.24. The van der Waals surface area contributed by atoms with Crippen LogP contribution in [0.15, 0.2) is 24.3 Å². The molecule has 102 valence electrons. The number of phosphoric acid groups is 1. The number of phosphoric ester groups is 1. The predicted molar refractivity (Wildman–Crippen MR) is 64.2 cm³/mol. The third-order valence-corrected chi connectivity index (χ3v) is 2.82. The van der Waals surface area contributed by atoms with Crippen LogP contribution in [-0.4, -0.2) is 13.2 Å². The van der Waals surface area contributed by atoms with Gasteiger partial charge in [-0.05, 0) is 23.1 Å². The Balaban J connectivity index is 2.43. The molecule has 0 aliphatic rings. The Morgan fingerprint density at radius 1 is 1.11 bits per heavy atom. The van der Waals surface area contributed by atoms with E-state index in [1.165, 1.54) is 5.56 Å². The second-order valence-corrected chi connectivity index (χ2v) is 6.06. The maximum atomic E-state index is 10.2. The maximum Gasteiger partial charge on any atom is 0.119 e. The van der Waals surface area contributed by atoms with Crippen LogP contribution < -0.4 is 14.5 Å². The van der Waals surface area contributed by atoms with Gasteiger partial charge in [0.2, 0.25) is 0 Å². The van der Waals surface area contributed by atoms with Gasteiger partial charge in [-0.25, -0.2) is 0 Å². The molecule has 0 amide bonds. The summed E-state index contributed by atoms with van der Waals surface area (Å²) >= 11 is 0. The minimum Gasteiger partial charge on any atom is -0.790 e. The van der Waals surface area contributed by atoms with E-state index in [-0.39, 0.29) is 18.6 Å². The van der Waals surface area contributed by atoms with Crippen molar-refractivity contribution in [2.75, 3.05) is 13.2 Å². The molecule has 0 unspecified atom stereocenters. The van der Waals surface area contributed by atoms with Crippen molar-refractivity contribution in [3.8, 4) is 5.75 Å². The van der Waals surface area contributed by atoms with E-state index >= 15 is 0 Å². The van der Waals surface area contributed by atoms with Crippen molar-refractivity contribution in [1.29, 1.82) is 0 Å². The molecule has 0 atom stereocenters. The molecule has 0 spiro atoms. The monoisotopic (exact) mass is 272 g/mol. The molecular formula is C12H17O5P-2. The first-order valence-corrected chi connectivity index (χ1v) is 7.04. The summed E-state index contributed by atoms with van der Waals surface area (Å²) in [6.07, 6.45) is 0. The van der Waals surface area contributed by atoms with Crippen LogP contribution in [0.4, 0.5) is 0 Å². The summed E-state index contributed by atoms with van der Waals surface area (Å²) < 4.78 is 19.5. The number of benzene rings is 1. The molecular weight excluding hydrogens is 255 g/mol. The van der Waals surface area contributed by atoms with Gasteiger partial charge in [0, 0.05) is 0 Å². The van der Waals surface area contributed by atoms with E-state index in [4.69, 9.17) is 4.74 Å². The van der Waals surface area contributed by atoms with Gasteiger partial charge in [0.1, 0.15) is 12.4 Å². The van der Waals surface area contributed by atoms with E-state index in [1.807, 2.05) is 12.1 Å². The molecule has 0 heterocycles. The zero-order valence-electron chi connectivity index (χ0n) is 10.7. The van der Waals surface area contributed by atoms with E-state index < -0.39 is 7.82 Å². The van der Waals surface area contributed by atoms with E-state index in [2.05, 4.69) is 25.3 Å². The standard InChI is InChI=1S/C12H19O5P/c1-12(2,3)10-4-6-11(7-5-10)16-8-9-17-18(13,14)15/h4-7H,8-9H2,1-3H3,(H2,13,14,15)/p-2. The summed E-state index contributed by atoms with van der Waals surface area (Å²) in [5.74, 6) is 0.609. The average molecular weight is 272 g/mol. The first kappa shape index (κ1) is 15.2. The van der Waals surface area contributed by atoms with Gasteiger partial charge < -0.3 is 23.6 Å². The van der Waals surface area contributed by atoms with Crippen molar-refractivity contribution in [2.45, 2.75) is 26.2 Å². The highest BCUT2D eigenvalue weighted by molar-refractivity contribution is 7.43. The molecule has 5 nitrogen and oxygen atoms in total. The van der Waals surface area contributed by atoms with Crippen LogP contribution >= 0.6 is 7.82 Å². The Labute approximate surface area is 107 Å². The molecule has 0 saturated heterocycles. The highest BCUT2D eigenvalue weighted by atomic mass is 31.2. The molecule has 0 radical (unpaired) electrons. The molecule has 0 N–H and O–H groups in total. The van der Waals surface area contributed by atoms with Gasteiger partial charge in [-0.3, -0.25) is 0 Å². The van der Waals surface area contributed by atoms with Crippen molar-refractivity contribution in [2.24, 2.45) is 0 Å². The molecule has 0 saturated carbocycles. The molecule has 0 bridgehead atoms. The number of hydrogen-bond acceptors (Lipinski definition) is 5. The van der Waals surface area contributed by atoms with E-state index in [1.54, 1.807) is 12.1 Å². The van der Waals surface area contributed by atoms with Crippen LogP contribution in [0.2, 0.25) is 0 Å². The predicted octanol–water partition coefficient (Wildman–Crippen LogP) is 1.21. The number of ether oxygens (including phenoxy) is 1. The first-order valence-electron chi connectivity index (χ1n) is 5.58. The van der Waals surface area contributed by atoms with Crippen LogP contribution in [0.3, 0.4) is 0 Å². The lowest BCUT2D eigenvalue weighted by Crippen LogP contribution is -2.19. The lowest BCUT2D eigenvalue weighted by molar-refractivity contribution is -0.341. The molecule has 18 heavy (non-hydrogen) atoms. The molecule has 0 aliphatic carbocycles. The topological polar surface area (TPSA) is 81.7 Å². The molecule has 1 rings (SSSR count). The van der Waals surface area contributed by atoms with Crippen molar-refractivity contribution < 1.29 is 23.6 Å². The quantitative estimate of drug-likeness (QED) is 0.594. The van der Waals surface area contributed by atoms with Crippen LogP contribution in [-0.2, 0) is 14.5 Å². The third kappa shape index (κ3) is 5.65. The van der Waals surface area contributed by atoms with Gasteiger partial charge in [-0.1, -0.05) is 32.9 Å². The van der Waals surface area contributed by atoms with E-state index in [0.29, 0.717) is 5.75 Å². The average Bonchev–Trinajstić information content (AvgIpc) is 2.22. The Morgan fingerprint density at radius 3 is 2.11 bits per heavy atom. The zero-order chi connectivity index (χ0) is 13.8. The van der Waals surface area contributed by atoms with Crippen molar-refractivity contribution in [1.82, 2.24) is 0 Å². The highest BCUT2D eigenvalue weighted by Crippen LogP contribution is 2.25. The minimum absolute atomic E-state index is 0.0172. The fraction of sp³-hybridized carbons (Fsp3) is 0.500. The fourth-order valence-corrected chi connectivity index (χ4v) is 1.66. The van der Waals surface area contributed by atoms with Gasteiger partial charge in [0.25, 0.3) is 0 Å². The van der Waals surface area contributed by atoms with Gasteiger partial charge in [-0.2, -0.15) is 0 Å². The molecule has 1 aromatic carbocycles. The summed E-state index contributed by atoms with van der Waals surface area (Å²) in [7, 11) is -4.90. The largest absolute Gasteiger partial charge is 0.790 e. The van der Waals surface area contributed by atoms with Crippen molar-refractivity contribution in [3.05, 3.63) is 29.8 Å². The van der Waals surface area contributed by atoms with Crippen LogP contribution in [0.1, 0.15) is 26.3 Å². The minimum atomic E-state index is -4.90. The normalized spacial score (nSPS) is 12.5. The molecule has 0 aliphatic heterocycles. The second-order valence-electron chi connectivity index (χ2n) is 4.90. The number of rotatable bonds is 5. The van der Waals surface area contributed by atoms with E-state index in [0.717, 1.165) is 0 Å². The van der Waals surface area contributed by atoms with Crippen molar-refractivity contribution >= 4 is 7.82 Å². The van der Waals surface area contributed by atoms with Gasteiger partial charge in [-0.15, -0.1) is 0 Å². The summed E-state index contributed by atoms with van der Waals surface area (Å²) in [4.78, 5) is 20.4. The van der Waals surface area contributed by atoms with Crippen LogP contribution in [0.25, 0.3) is 0 Å². The van der Waals surface area contributed by atoms with Gasteiger partial charge in [0.05, 0.1) is 14.4 Å². The zero-order valence-corrected chi connectivity index (χ0v) is 11.6. The summed E-state index contributed by atoms with van der Waals surface area (Å²) in [6, 6.07) is 7.49. The fourth-order valence-electron chi connectivity index (χ4n) is 1.36. The Hall–Kier alpha value is -0.870. The SMILES string of the molecule is CC(C)(C)c1ccc(OCCOP(=O)([O-])[O-])cc1. The molecule has 6 heteroatoms. The molecule has 0 aromatic heterocycles. The van der Waals surface area contributed by atoms with E-state index in [9.17, 15) is 14.4 Å². The second kappa shape index (κ2) is 5.85. The number of hydrogen-bond donors (Lipinski definition) is 0. The van der Waals surface area contributed by atoms with Crippen molar-refractivity contribution in [3.63, 3.8) is 0 Å². The molecule has 0 fully saturated rings. The highest BCUT2D eigenvalue weighted by Gasteiger charge is 2.12. The van der Waals surface area contributed by atoms with Crippen LogP contribution in [0, 0.1) is 0 Å². The summed E-state index contributed by atoms with van der Waals surface area (Å²) in [5, 5.41) is 0. The lowest BCUT2D eigenvalue weighted by atomic mass is 9.87. The molecule has 1 aromatic rings. The first-order chi connectivity index (χ1) is 8.18. The Morgan fingerprint density at radius 2 is 1.67 bits per heavy atom. The Kier molecular flexibility index (Phi) is 4.93. The maximum absolute atomic E-state index is 10.2. The van der Waals surface area contributed by atoms with Gasteiger partial charge in [0.15, 0.2) is 0 Å². The Bertz CT molecular complexity index is 415. The third-order valence-electron chi connectivity index (χ3n) is 2.32. The van der Waals surface area contributed by atoms with Crippen LogP contribution in [0.5, 0.6) is 5.75 Å².